The van der Waals surface area contributed by atoms with Crippen LogP contribution in [0.5, 0.6) is 0 Å². The molecule has 0 radical (unpaired) electrons. The molecule has 2 heterocycles. The number of carbonyl (C=O) groups is 2. The SMILES string of the molecule is O=C(O)CC1CCC(CC(=O)Cc2cccs2)B(O)O1. The number of hydrogen-bond donors (Lipinski definition) is 2. The molecule has 1 aliphatic heterocycles. The largest absolute Gasteiger partial charge is 0.481 e. The van der Waals surface area contributed by atoms with E-state index in [9.17, 15) is 14.6 Å². The Labute approximate surface area is 121 Å². The van der Waals surface area contributed by atoms with E-state index in [2.05, 4.69) is 0 Å². The van der Waals surface area contributed by atoms with Gasteiger partial charge < -0.3 is 14.8 Å². The van der Waals surface area contributed by atoms with E-state index in [1.54, 1.807) is 11.3 Å². The second-order valence-electron chi connectivity index (χ2n) is 5.08. The third kappa shape index (κ3) is 4.43. The fourth-order valence-corrected chi connectivity index (χ4v) is 3.17. The summed E-state index contributed by atoms with van der Waals surface area (Å²) < 4.78 is 5.27. The van der Waals surface area contributed by atoms with Crippen molar-refractivity contribution < 1.29 is 24.4 Å². The van der Waals surface area contributed by atoms with Crippen molar-refractivity contribution in [1.29, 1.82) is 0 Å². The van der Waals surface area contributed by atoms with E-state index < -0.39 is 19.2 Å². The van der Waals surface area contributed by atoms with Crippen molar-refractivity contribution in [2.24, 2.45) is 0 Å². The molecule has 1 aromatic heterocycles. The normalized spacial score (nSPS) is 22.8. The van der Waals surface area contributed by atoms with Crippen molar-refractivity contribution >= 4 is 30.2 Å². The second kappa shape index (κ2) is 7.01. The number of aliphatic carboxylic acids is 1. The van der Waals surface area contributed by atoms with E-state index in [1.807, 2.05) is 17.5 Å². The summed E-state index contributed by atoms with van der Waals surface area (Å²) in [4.78, 5) is 23.5. The maximum Gasteiger partial charge on any atom is 0.458 e. The fourth-order valence-electron chi connectivity index (χ4n) is 2.44. The highest BCUT2D eigenvalue weighted by atomic mass is 32.1. The Bertz CT molecular complexity index is 461. The van der Waals surface area contributed by atoms with Gasteiger partial charge in [-0.2, -0.15) is 0 Å². The first-order valence-corrected chi connectivity index (χ1v) is 7.52. The van der Waals surface area contributed by atoms with Crippen LogP contribution in [0, 0.1) is 0 Å². The van der Waals surface area contributed by atoms with Gasteiger partial charge in [-0.1, -0.05) is 6.07 Å². The Morgan fingerprint density at radius 2 is 2.20 bits per heavy atom. The maximum atomic E-state index is 11.9. The third-order valence-corrected chi connectivity index (χ3v) is 4.31. The number of ketones is 1. The average Bonchev–Trinajstić information content (AvgIpc) is 2.84. The molecule has 0 aromatic carbocycles. The van der Waals surface area contributed by atoms with E-state index in [1.165, 1.54) is 0 Å². The summed E-state index contributed by atoms with van der Waals surface area (Å²) in [5.41, 5.74) is 0. The quantitative estimate of drug-likeness (QED) is 0.781. The van der Waals surface area contributed by atoms with Crippen molar-refractivity contribution in [3.05, 3.63) is 22.4 Å². The molecule has 1 fully saturated rings. The van der Waals surface area contributed by atoms with Crippen LogP contribution in [0.2, 0.25) is 5.82 Å². The Balaban J connectivity index is 1.79. The summed E-state index contributed by atoms with van der Waals surface area (Å²) >= 11 is 1.54. The van der Waals surface area contributed by atoms with Gasteiger partial charge in [0, 0.05) is 23.5 Å². The van der Waals surface area contributed by atoms with Gasteiger partial charge in [0.2, 0.25) is 0 Å². The number of thiophene rings is 1. The van der Waals surface area contributed by atoms with Crippen LogP contribution in [-0.4, -0.2) is 35.1 Å². The predicted octanol–water partition coefficient (Wildman–Crippen LogP) is 1.75. The van der Waals surface area contributed by atoms with E-state index in [0.717, 1.165) is 4.88 Å². The Morgan fingerprint density at radius 3 is 2.80 bits per heavy atom. The van der Waals surface area contributed by atoms with Crippen LogP contribution >= 0.6 is 11.3 Å². The minimum absolute atomic E-state index is 0.0804. The van der Waals surface area contributed by atoms with Crippen molar-refractivity contribution in [3.63, 3.8) is 0 Å². The summed E-state index contributed by atoms with van der Waals surface area (Å²) in [6.45, 7) is 0. The topological polar surface area (TPSA) is 83.8 Å². The van der Waals surface area contributed by atoms with Crippen LogP contribution in [0.25, 0.3) is 0 Å². The molecule has 7 heteroatoms. The third-order valence-electron chi connectivity index (χ3n) is 3.44. The van der Waals surface area contributed by atoms with Gasteiger partial charge in [-0.15, -0.1) is 11.3 Å². The summed E-state index contributed by atoms with van der Waals surface area (Å²) in [5.74, 6) is -1.08. The first kappa shape index (κ1) is 15.2. The molecule has 2 atom stereocenters. The minimum Gasteiger partial charge on any atom is -0.481 e. The smallest absolute Gasteiger partial charge is 0.458 e. The Morgan fingerprint density at radius 1 is 1.40 bits per heavy atom. The molecule has 0 saturated carbocycles. The number of Topliss-reactive ketones (excluding diaryl/α,β-unsaturated/α-hetero) is 1. The molecule has 20 heavy (non-hydrogen) atoms. The molecule has 0 amide bonds. The highest BCUT2D eigenvalue weighted by Gasteiger charge is 2.36. The number of hydrogen-bond acceptors (Lipinski definition) is 5. The van der Waals surface area contributed by atoms with Crippen LogP contribution in [0.15, 0.2) is 17.5 Å². The van der Waals surface area contributed by atoms with Gasteiger partial charge in [0.25, 0.3) is 0 Å². The lowest BCUT2D eigenvalue weighted by Crippen LogP contribution is -2.38. The van der Waals surface area contributed by atoms with Crippen molar-refractivity contribution in [2.75, 3.05) is 0 Å². The van der Waals surface area contributed by atoms with Crippen molar-refractivity contribution in [1.82, 2.24) is 0 Å². The lowest BCUT2D eigenvalue weighted by molar-refractivity contribution is -0.139. The monoisotopic (exact) mass is 296 g/mol. The van der Waals surface area contributed by atoms with Gasteiger partial charge in [0.15, 0.2) is 0 Å². The van der Waals surface area contributed by atoms with Gasteiger partial charge in [-0.3, -0.25) is 9.59 Å². The van der Waals surface area contributed by atoms with E-state index in [0.29, 0.717) is 19.3 Å². The predicted molar refractivity (Wildman–Crippen MR) is 75.7 cm³/mol. The second-order valence-corrected chi connectivity index (χ2v) is 6.12. The zero-order chi connectivity index (χ0) is 14.5. The van der Waals surface area contributed by atoms with Crippen molar-refractivity contribution in [3.8, 4) is 0 Å². The van der Waals surface area contributed by atoms with Gasteiger partial charge >= 0.3 is 13.1 Å². The summed E-state index contributed by atoms with van der Waals surface area (Å²) in [5, 5.41) is 20.5. The standard InChI is InChI=1S/C13H17BO5S/c15-10(7-12-2-1-5-20-12)6-9-3-4-11(8-13(16)17)19-14(9)18/h1-2,5,9,11,18H,3-4,6-8H2,(H,16,17). The number of rotatable bonds is 6. The van der Waals surface area contributed by atoms with Gasteiger partial charge in [-0.05, 0) is 24.3 Å². The maximum absolute atomic E-state index is 11.9. The molecular weight excluding hydrogens is 279 g/mol. The van der Waals surface area contributed by atoms with E-state index >= 15 is 0 Å². The molecule has 2 unspecified atom stereocenters. The highest BCUT2D eigenvalue weighted by Crippen LogP contribution is 2.31. The van der Waals surface area contributed by atoms with Gasteiger partial charge in [-0.25, -0.2) is 0 Å². The molecule has 5 nitrogen and oxygen atoms in total. The molecule has 108 valence electrons. The first-order valence-electron chi connectivity index (χ1n) is 6.64. The Kier molecular flexibility index (Phi) is 5.34. The molecule has 1 aliphatic rings. The molecule has 0 aliphatic carbocycles. The Hall–Kier alpha value is -1.18. The molecule has 0 spiro atoms. The molecule has 2 N–H and O–H groups in total. The molecule has 2 rings (SSSR count). The molecular formula is C13H17BO5S. The van der Waals surface area contributed by atoms with E-state index in [-0.39, 0.29) is 24.4 Å². The van der Waals surface area contributed by atoms with Gasteiger partial charge in [0.1, 0.15) is 5.78 Å². The number of carbonyl (C=O) groups excluding carboxylic acids is 1. The summed E-state index contributed by atoms with van der Waals surface area (Å²) in [7, 11) is -1.04. The zero-order valence-electron chi connectivity index (χ0n) is 11.0. The first-order chi connectivity index (χ1) is 9.54. The minimum atomic E-state index is -1.04. The molecule has 0 bridgehead atoms. The van der Waals surface area contributed by atoms with Crippen molar-refractivity contribution in [2.45, 2.75) is 44.0 Å². The summed E-state index contributed by atoms with van der Waals surface area (Å²) in [6, 6.07) is 3.82. The van der Waals surface area contributed by atoms with Crippen LogP contribution in [0.1, 0.15) is 30.6 Å². The zero-order valence-corrected chi connectivity index (χ0v) is 11.8. The van der Waals surface area contributed by atoms with E-state index in [4.69, 9.17) is 9.76 Å². The lowest BCUT2D eigenvalue weighted by Gasteiger charge is -2.30. The lowest BCUT2D eigenvalue weighted by atomic mass is 9.64. The average molecular weight is 296 g/mol. The molecule has 1 saturated heterocycles. The van der Waals surface area contributed by atoms with Gasteiger partial charge in [0.05, 0.1) is 12.5 Å². The van der Waals surface area contributed by atoms with Crippen LogP contribution < -0.4 is 0 Å². The van der Waals surface area contributed by atoms with Crippen LogP contribution in [0.4, 0.5) is 0 Å². The van der Waals surface area contributed by atoms with Crippen LogP contribution in [0.3, 0.4) is 0 Å². The summed E-state index contributed by atoms with van der Waals surface area (Å²) in [6.07, 6.45) is 1.30. The fraction of sp³-hybridized carbons (Fsp3) is 0.538. The number of carboxylic acid groups (broad SMARTS) is 1. The number of carboxylic acids is 1. The molecule has 1 aromatic rings. The van der Waals surface area contributed by atoms with Crippen LogP contribution in [-0.2, 0) is 20.7 Å². The highest BCUT2D eigenvalue weighted by molar-refractivity contribution is 7.10.